The molecule has 1 spiro atoms. The first-order valence-electron chi connectivity index (χ1n) is 9.55. The van der Waals surface area contributed by atoms with Crippen molar-refractivity contribution >= 4 is 11.8 Å². The van der Waals surface area contributed by atoms with Gasteiger partial charge < -0.3 is 19.5 Å². The highest BCUT2D eigenvalue weighted by Gasteiger charge is 2.44. The molecule has 8 nitrogen and oxygen atoms in total. The van der Waals surface area contributed by atoms with E-state index in [1.54, 1.807) is 38.2 Å². The van der Waals surface area contributed by atoms with E-state index in [4.69, 9.17) is 9.26 Å². The molecule has 8 heteroatoms. The predicted octanol–water partition coefficient (Wildman–Crippen LogP) is 1.88. The van der Waals surface area contributed by atoms with Gasteiger partial charge in [-0.2, -0.15) is 0 Å². The molecule has 2 aromatic heterocycles. The normalized spacial score (nSPS) is 21.1. The van der Waals surface area contributed by atoms with E-state index in [9.17, 15) is 9.59 Å². The number of aryl methyl sites for hydroxylation is 2. The van der Waals surface area contributed by atoms with E-state index in [2.05, 4.69) is 15.5 Å². The number of ether oxygens (including phenoxy) is 1. The molecular weight excluding hydrogens is 360 g/mol. The molecule has 2 aliphatic heterocycles. The standard InChI is InChI=1S/C20H24N4O4/c1-13-17(14(2)28-23-13)19(26)24-9-6-20(7-10-24)11-15(12-27-20)22-18(25)16-5-3-4-8-21-16/h3-5,8,15H,6-7,9-12H2,1-2H3,(H,22,25)/t15-/m0/s1. The van der Waals surface area contributed by atoms with E-state index in [1.807, 2.05) is 4.90 Å². The Morgan fingerprint density at radius 1 is 1.25 bits per heavy atom. The van der Waals surface area contributed by atoms with Gasteiger partial charge in [0.25, 0.3) is 11.8 Å². The summed E-state index contributed by atoms with van der Waals surface area (Å²) in [6.45, 7) is 5.25. The summed E-state index contributed by atoms with van der Waals surface area (Å²) < 4.78 is 11.2. The molecule has 28 heavy (non-hydrogen) atoms. The van der Waals surface area contributed by atoms with Crippen LogP contribution in [0.3, 0.4) is 0 Å². The lowest BCUT2D eigenvalue weighted by Crippen LogP contribution is -2.47. The zero-order valence-electron chi connectivity index (χ0n) is 16.1. The second-order valence-corrected chi connectivity index (χ2v) is 7.57. The second-order valence-electron chi connectivity index (χ2n) is 7.57. The molecule has 0 aromatic carbocycles. The summed E-state index contributed by atoms with van der Waals surface area (Å²) in [7, 11) is 0. The number of nitrogens with one attached hydrogen (secondary N) is 1. The Kier molecular flexibility index (Phi) is 4.89. The maximum Gasteiger partial charge on any atom is 0.270 e. The van der Waals surface area contributed by atoms with Gasteiger partial charge >= 0.3 is 0 Å². The maximum atomic E-state index is 12.8. The molecule has 0 aliphatic carbocycles. The lowest BCUT2D eigenvalue weighted by molar-refractivity contribution is -0.0389. The molecule has 2 fully saturated rings. The highest BCUT2D eigenvalue weighted by atomic mass is 16.5. The summed E-state index contributed by atoms with van der Waals surface area (Å²) in [6, 6.07) is 5.22. The fourth-order valence-corrected chi connectivity index (χ4v) is 4.11. The Morgan fingerprint density at radius 2 is 2.04 bits per heavy atom. The molecule has 2 aromatic rings. The molecule has 4 rings (SSSR count). The summed E-state index contributed by atoms with van der Waals surface area (Å²) in [5.41, 5.74) is 1.31. The summed E-state index contributed by atoms with van der Waals surface area (Å²) in [5.74, 6) is 0.332. The monoisotopic (exact) mass is 384 g/mol. The smallest absolute Gasteiger partial charge is 0.270 e. The Bertz CT molecular complexity index is 852. The molecule has 4 heterocycles. The van der Waals surface area contributed by atoms with Crippen LogP contribution in [0, 0.1) is 13.8 Å². The van der Waals surface area contributed by atoms with Crippen molar-refractivity contribution in [2.45, 2.75) is 44.8 Å². The number of rotatable bonds is 3. The molecular formula is C20H24N4O4. The molecule has 0 bridgehead atoms. The van der Waals surface area contributed by atoms with Gasteiger partial charge in [-0.25, -0.2) is 0 Å². The van der Waals surface area contributed by atoms with Crippen LogP contribution in [-0.2, 0) is 4.74 Å². The molecule has 0 unspecified atom stereocenters. The third kappa shape index (κ3) is 3.52. The SMILES string of the molecule is Cc1noc(C)c1C(=O)N1CCC2(CC1)C[C@H](NC(=O)c1ccccn1)CO2. The van der Waals surface area contributed by atoms with Gasteiger partial charge in [0.2, 0.25) is 0 Å². The third-order valence-electron chi connectivity index (χ3n) is 5.65. The predicted molar refractivity (Wildman–Crippen MR) is 99.9 cm³/mol. The number of carbonyl (C=O) groups is 2. The van der Waals surface area contributed by atoms with Crippen LogP contribution in [0.1, 0.15) is 51.6 Å². The largest absolute Gasteiger partial charge is 0.373 e. The van der Waals surface area contributed by atoms with Gasteiger partial charge in [-0.1, -0.05) is 11.2 Å². The average molecular weight is 384 g/mol. The molecule has 2 saturated heterocycles. The minimum atomic E-state index is -0.280. The van der Waals surface area contributed by atoms with Crippen LogP contribution in [0.15, 0.2) is 28.9 Å². The van der Waals surface area contributed by atoms with Crippen molar-refractivity contribution in [1.29, 1.82) is 0 Å². The first-order chi connectivity index (χ1) is 13.5. The summed E-state index contributed by atoms with van der Waals surface area (Å²) in [5, 5.41) is 6.88. The van der Waals surface area contributed by atoms with Crippen LogP contribution < -0.4 is 5.32 Å². The maximum absolute atomic E-state index is 12.8. The Balaban J connectivity index is 1.34. The van der Waals surface area contributed by atoms with Crippen molar-refractivity contribution in [2.24, 2.45) is 0 Å². The number of pyridine rings is 1. The first-order valence-corrected chi connectivity index (χ1v) is 9.55. The van der Waals surface area contributed by atoms with Crippen molar-refractivity contribution in [3.05, 3.63) is 47.1 Å². The van der Waals surface area contributed by atoms with E-state index >= 15 is 0 Å². The van der Waals surface area contributed by atoms with Crippen molar-refractivity contribution in [3.63, 3.8) is 0 Å². The zero-order valence-corrected chi connectivity index (χ0v) is 16.1. The summed E-state index contributed by atoms with van der Waals surface area (Å²) in [4.78, 5) is 31.0. The van der Waals surface area contributed by atoms with Crippen molar-refractivity contribution < 1.29 is 18.8 Å². The number of hydrogen-bond donors (Lipinski definition) is 1. The molecule has 2 amide bonds. The first kappa shape index (κ1) is 18.6. The number of amides is 2. The number of likely N-dealkylation sites (tertiary alicyclic amines) is 1. The molecule has 148 valence electrons. The van der Waals surface area contributed by atoms with Crippen LogP contribution in [0.25, 0.3) is 0 Å². The van der Waals surface area contributed by atoms with E-state index in [1.165, 1.54) is 0 Å². The third-order valence-corrected chi connectivity index (χ3v) is 5.65. The molecule has 0 saturated carbocycles. The zero-order chi connectivity index (χ0) is 19.7. The number of nitrogens with zero attached hydrogens (tertiary/aromatic N) is 3. The van der Waals surface area contributed by atoms with Crippen LogP contribution >= 0.6 is 0 Å². The number of carbonyl (C=O) groups excluding carboxylic acids is 2. The Labute approximate surface area is 163 Å². The van der Waals surface area contributed by atoms with Gasteiger partial charge in [0.15, 0.2) is 0 Å². The summed E-state index contributed by atoms with van der Waals surface area (Å²) in [6.07, 6.45) is 3.85. The molecule has 2 aliphatic rings. The number of aromatic nitrogens is 2. The number of hydrogen-bond acceptors (Lipinski definition) is 6. The lowest BCUT2D eigenvalue weighted by atomic mass is 9.87. The second kappa shape index (κ2) is 7.35. The van der Waals surface area contributed by atoms with Crippen molar-refractivity contribution in [1.82, 2.24) is 20.4 Å². The average Bonchev–Trinajstić information content (AvgIpc) is 3.25. The van der Waals surface area contributed by atoms with Gasteiger partial charge in [-0.3, -0.25) is 14.6 Å². The van der Waals surface area contributed by atoms with Gasteiger partial charge in [-0.05, 0) is 45.2 Å². The molecule has 1 N–H and O–H groups in total. The minimum absolute atomic E-state index is 0.0379. The van der Waals surface area contributed by atoms with Gasteiger partial charge in [0.05, 0.1) is 23.9 Å². The van der Waals surface area contributed by atoms with Gasteiger partial charge in [0, 0.05) is 19.3 Å². The Morgan fingerprint density at radius 3 is 2.68 bits per heavy atom. The lowest BCUT2D eigenvalue weighted by Gasteiger charge is -2.38. The number of piperidine rings is 1. The van der Waals surface area contributed by atoms with E-state index in [0.717, 1.165) is 19.3 Å². The van der Waals surface area contributed by atoms with Crippen molar-refractivity contribution in [3.8, 4) is 0 Å². The summed E-state index contributed by atoms with van der Waals surface area (Å²) >= 11 is 0. The van der Waals surface area contributed by atoms with Crippen LogP contribution in [0.5, 0.6) is 0 Å². The van der Waals surface area contributed by atoms with Crippen LogP contribution in [0.2, 0.25) is 0 Å². The van der Waals surface area contributed by atoms with Gasteiger partial charge in [-0.15, -0.1) is 0 Å². The highest BCUT2D eigenvalue weighted by molar-refractivity contribution is 5.96. The fourth-order valence-electron chi connectivity index (χ4n) is 4.11. The topological polar surface area (TPSA) is 97.6 Å². The molecule has 0 radical (unpaired) electrons. The fraction of sp³-hybridized carbons (Fsp3) is 0.500. The van der Waals surface area contributed by atoms with E-state index in [-0.39, 0.29) is 23.5 Å². The van der Waals surface area contributed by atoms with Crippen LogP contribution in [-0.4, -0.2) is 58.2 Å². The quantitative estimate of drug-likeness (QED) is 0.868. The minimum Gasteiger partial charge on any atom is -0.373 e. The van der Waals surface area contributed by atoms with E-state index in [0.29, 0.717) is 42.4 Å². The van der Waals surface area contributed by atoms with Crippen LogP contribution in [0.4, 0.5) is 0 Å². The molecule has 1 atom stereocenters. The van der Waals surface area contributed by atoms with E-state index < -0.39 is 0 Å². The van der Waals surface area contributed by atoms with Crippen molar-refractivity contribution in [2.75, 3.05) is 19.7 Å². The highest BCUT2D eigenvalue weighted by Crippen LogP contribution is 2.36. The van der Waals surface area contributed by atoms with Gasteiger partial charge in [0.1, 0.15) is 17.0 Å². The Hall–Kier alpha value is -2.74.